The van der Waals surface area contributed by atoms with E-state index in [1.54, 1.807) is 19.9 Å². The van der Waals surface area contributed by atoms with E-state index in [1.165, 1.54) is 18.7 Å². The van der Waals surface area contributed by atoms with Crippen LogP contribution in [0.1, 0.15) is 40.2 Å². The maximum absolute atomic E-state index is 13.3. The minimum atomic E-state index is -1.43. The van der Waals surface area contributed by atoms with Gasteiger partial charge in [0.15, 0.2) is 0 Å². The highest BCUT2D eigenvalue weighted by atomic mass is 19.1. The number of alkyl halides is 1. The Morgan fingerprint density at radius 2 is 1.63 bits per heavy atom. The Bertz CT molecular complexity index is 437. The number of halogens is 1. The molecule has 0 aromatic carbocycles. The molecule has 19 heavy (non-hydrogen) atoms. The van der Waals surface area contributed by atoms with Crippen molar-refractivity contribution in [2.75, 3.05) is 6.67 Å². The van der Waals surface area contributed by atoms with Crippen LogP contribution in [-0.4, -0.2) is 21.7 Å². The summed E-state index contributed by atoms with van der Waals surface area (Å²) in [6.45, 7) is 8.79. The number of hydrogen-bond donors (Lipinski definition) is 1. The van der Waals surface area contributed by atoms with E-state index in [4.69, 9.17) is 0 Å². The van der Waals surface area contributed by atoms with Crippen LogP contribution in [0.2, 0.25) is 0 Å². The first-order valence-electron chi connectivity index (χ1n) is 6.37. The number of nitrogens with zero attached hydrogens (tertiary/aromatic N) is 2. The molecule has 1 aromatic rings. The maximum Gasteiger partial charge on any atom is 0.118 e. The predicted molar refractivity (Wildman–Crippen MR) is 74.3 cm³/mol. The predicted octanol–water partition coefficient (Wildman–Crippen LogP) is 3.26. The van der Waals surface area contributed by atoms with E-state index in [1.807, 2.05) is 26.8 Å². The summed E-state index contributed by atoms with van der Waals surface area (Å²) in [5.41, 5.74) is -2.00. The van der Waals surface area contributed by atoms with Gasteiger partial charge in [0.05, 0.1) is 6.67 Å². The minimum absolute atomic E-state index is 0.101. The van der Waals surface area contributed by atoms with Crippen LogP contribution in [0.15, 0.2) is 30.9 Å². The van der Waals surface area contributed by atoms with Gasteiger partial charge in [-0.3, -0.25) is 4.39 Å². The highest BCUT2D eigenvalue weighted by molar-refractivity contribution is 5.26. The van der Waals surface area contributed by atoms with Crippen LogP contribution in [0, 0.1) is 10.8 Å². The van der Waals surface area contributed by atoms with Gasteiger partial charge < -0.3 is 5.11 Å². The van der Waals surface area contributed by atoms with Crippen molar-refractivity contribution in [3.63, 3.8) is 0 Å². The van der Waals surface area contributed by atoms with E-state index in [2.05, 4.69) is 9.97 Å². The lowest BCUT2D eigenvalue weighted by Crippen LogP contribution is -2.42. The van der Waals surface area contributed by atoms with Gasteiger partial charge in [-0.1, -0.05) is 46.8 Å². The van der Waals surface area contributed by atoms with Crippen molar-refractivity contribution in [1.82, 2.24) is 9.97 Å². The van der Waals surface area contributed by atoms with Crippen molar-refractivity contribution in [2.24, 2.45) is 10.8 Å². The summed E-state index contributed by atoms with van der Waals surface area (Å²) in [5, 5.41) is 11.0. The standard InChI is InChI=1S/C15H23FN2O/c1-13(2,3)6-7-15(19,14(4,5)10-16)12-8-17-11-18-9-12/h6-9,11,19H,10H2,1-5H3. The lowest BCUT2D eigenvalue weighted by Gasteiger charge is -2.39. The lowest BCUT2D eigenvalue weighted by atomic mass is 9.71. The molecule has 0 fully saturated rings. The highest BCUT2D eigenvalue weighted by Gasteiger charge is 2.43. The molecule has 3 nitrogen and oxygen atoms in total. The summed E-state index contributed by atoms with van der Waals surface area (Å²) in [6, 6.07) is 0. The maximum atomic E-state index is 13.3. The summed E-state index contributed by atoms with van der Waals surface area (Å²) in [4.78, 5) is 7.83. The van der Waals surface area contributed by atoms with Crippen LogP contribution in [0.4, 0.5) is 4.39 Å². The van der Waals surface area contributed by atoms with E-state index in [9.17, 15) is 9.50 Å². The summed E-state index contributed by atoms with van der Waals surface area (Å²) in [5.74, 6) is 0. The first kappa shape index (κ1) is 15.8. The van der Waals surface area contributed by atoms with E-state index >= 15 is 0 Å². The monoisotopic (exact) mass is 266 g/mol. The molecule has 0 aliphatic rings. The third-order valence-corrected chi connectivity index (χ3v) is 3.19. The molecule has 1 unspecified atom stereocenters. The van der Waals surface area contributed by atoms with Gasteiger partial charge in [0.25, 0.3) is 0 Å². The lowest BCUT2D eigenvalue weighted by molar-refractivity contribution is -0.0434. The summed E-state index contributed by atoms with van der Waals surface area (Å²) in [6.07, 6.45) is 7.98. The second-order valence-corrected chi connectivity index (χ2v) is 6.61. The van der Waals surface area contributed by atoms with Crippen LogP contribution in [0.5, 0.6) is 0 Å². The summed E-state index contributed by atoms with van der Waals surface area (Å²) >= 11 is 0. The largest absolute Gasteiger partial charge is 0.380 e. The van der Waals surface area contributed by atoms with Crippen molar-refractivity contribution < 1.29 is 9.50 Å². The number of aliphatic hydroxyl groups is 1. The molecule has 1 heterocycles. The van der Waals surface area contributed by atoms with Crippen LogP contribution in [-0.2, 0) is 5.60 Å². The minimum Gasteiger partial charge on any atom is -0.380 e. The Labute approximate surface area is 114 Å². The third kappa shape index (κ3) is 3.60. The van der Waals surface area contributed by atoms with Crippen molar-refractivity contribution in [3.8, 4) is 0 Å². The Hall–Kier alpha value is -1.29. The fourth-order valence-electron chi connectivity index (χ4n) is 1.68. The molecule has 0 amide bonds. The molecule has 4 heteroatoms. The molecule has 0 bridgehead atoms. The first-order chi connectivity index (χ1) is 8.62. The zero-order valence-electron chi connectivity index (χ0n) is 12.3. The van der Waals surface area contributed by atoms with Crippen LogP contribution in [0.3, 0.4) is 0 Å². The SMILES string of the molecule is CC(C)(C)C=CC(O)(c1cncnc1)C(C)(C)CF. The summed E-state index contributed by atoms with van der Waals surface area (Å²) < 4.78 is 13.3. The van der Waals surface area contributed by atoms with Crippen molar-refractivity contribution in [1.29, 1.82) is 0 Å². The molecule has 1 rings (SSSR count). The fourth-order valence-corrected chi connectivity index (χ4v) is 1.68. The molecule has 0 aliphatic carbocycles. The summed E-state index contributed by atoms with van der Waals surface area (Å²) in [7, 11) is 0. The second-order valence-electron chi connectivity index (χ2n) is 6.61. The van der Waals surface area contributed by atoms with Gasteiger partial charge in [-0.2, -0.15) is 0 Å². The zero-order chi connectivity index (χ0) is 14.7. The third-order valence-electron chi connectivity index (χ3n) is 3.19. The van der Waals surface area contributed by atoms with Gasteiger partial charge in [0.2, 0.25) is 0 Å². The normalized spacial score (nSPS) is 16.6. The molecule has 0 radical (unpaired) electrons. The number of hydrogen-bond acceptors (Lipinski definition) is 3. The number of allylic oxidation sites excluding steroid dienone is 1. The van der Waals surface area contributed by atoms with E-state index in [0.29, 0.717) is 5.56 Å². The van der Waals surface area contributed by atoms with Gasteiger partial charge in [-0.25, -0.2) is 9.97 Å². The van der Waals surface area contributed by atoms with Crippen molar-refractivity contribution >= 4 is 0 Å². The molecule has 1 atom stereocenters. The highest BCUT2D eigenvalue weighted by Crippen LogP contribution is 2.41. The Morgan fingerprint density at radius 1 is 1.11 bits per heavy atom. The zero-order valence-corrected chi connectivity index (χ0v) is 12.3. The molecular weight excluding hydrogens is 243 g/mol. The smallest absolute Gasteiger partial charge is 0.118 e. The molecule has 0 saturated carbocycles. The van der Waals surface area contributed by atoms with Crippen molar-refractivity contribution in [3.05, 3.63) is 36.4 Å². The van der Waals surface area contributed by atoms with Crippen LogP contribution < -0.4 is 0 Å². The van der Waals surface area contributed by atoms with E-state index < -0.39 is 17.7 Å². The molecule has 106 valence electrons. The average Bonchev–Trinajstić information content (AvgIpc) is 2.36. The molecule has 1 N–H and O–H groups in total. The van der Waals surface area contributed by atoms with Gasteiger partial charge in [0.1, 0.15) is 11.9 Å². The quantitative estimate of drug-likeness (QED) is 0.851. The Morgan fingerprint density at radius 3 is 2.05 bits per heavy atom. The number of rotatable bonds is 4. The van der Waals surface area contributed by atoms with Crippen LogP contribution in [0.25, 0.3) is 0 Å². The van der Waals surface area contributed by atoms with Gasteiger partial charge in [-0.05, 0) is 5.41 Å². The fraction of sp³-hybridized carbons (Fsp3) is 0.600. The number of aromatic nitrogens is 2. The molecule has 0 spiro atoms. The molecule has 0 saturated heterocycles. The van der Waals surface area contributed by atoms with Gasteiger partial charge >= 0.3 is 0 Å². The topological polar surface area (TPSA) is 46.0 Å². The second kappa shape index (κ2) is 5.37. The molecular formula is C15H23FN2O. The van der Waals surface area contributed by atoms with Gasteiger partial charge in [-0.15, -0.1) is 0 Å². The van der Waals surface area contributed by atoms with E-state index in [0.717, 1.165) is 0 Å². The Kier molecular flexibility index (Phi) is 4.46. The molecule has 0 aliphatic heterocycles. The first-order valence-corrected chi connectivity index (χ1v) is 6.37. The average molecular weight is 266 g/mol. The van der Waals surface area contributed by atoms with E-state index in [-0.39, 0.29) is 5.41 Å². The molecule has 1 aromatic heterocycles. The van der Waals surface area contributed by atoms with Crippen molar-refractivity contribution in [2.45, 2.75) is 40.2 Å². The van der Waals surface area contributed by atoms with Gasteiger partial charge in [0, 0.05) is 23.4 Å². The van der Waals surface area contributed by atoms with Crippen LogP contribution >= 0.6 is 0 Å². The Balaban J connectivity index is 3.31.